The Morgan fingerprint density at radius 1 is 0.806 bits per heavy atom. The molecule has 0 spiro atoms. The van der Waals surface area contributed by atoms with Gasteiger partial charge in [-0.2, -0.15) is 0 Å². The second-order valence-corrected chi connectivity index (χ2v) is 10.9. The Morgan fingerprint density at radius 3 is 2.39 bits per heavy atom. The van der Waals surface area contributed by atoms with Gasteiger partial charge in [0.25, 0.3) is 0 Å². The zero-order chi connectivity index (χ0) is 25.1. The van der Waals surface area contributed by atoms with Gasteiger partial charge in [-0.1, -0.05) is 70.2 Å². The highest BCUT2D eigenvalue weighted by Crippen LogP contribution is 2.39. The predicted molar refractivity (Wildman–Crippen MR) is 152 cm³/mol. The van der Waals surface area contributed by atoms with Crippen LogP contribution in [0.5, 0.6) is 0 Å². The molecular weight excluding hydrogens is 440 g/mol. The third kappa shape index (κ3) is 3.65. The van der Waals surface area contributed by atoms with E-state index in [1.807, 2.05) is 6.92 Å². The maximum atomic E-state index is 6.52. The Balaban J connectivity index is 1.63. The van der Waals surface area contributed by atoms with Crippen LogP contribution < -0.4 is 0 Å². The third-order valence-corrected chi connectivity index (χ3v) is 7.24. The molecular formula is C33H32N2O. The monoisotopic (exact) mass is 472 g/mol. The normalized spacial score (nSPS) is 12.2. The summed E-state index contributed by atoms with van der Waals surface area (Å²) < 4.78 is 6.52. The fourth-order valence-electron chi connectivity index (χ4n) is 5.60. The van der Waals surface area contributed by atoms with Crippen LogP contribution in [0.3, 0.4) is 0 Å². The first-order valence-electron chi connectivity index (χ1n) is 13.0. The van der Waals surface area contributed by atoms with Crippen LogP contribution in [0.25, 0.3) is 54.9 Å². The number of fused-ring (bicyclic) bond motifs is 6. The van der Waals surface area contributed by atoms with Crippen LogP contribution in [-0.2, 0) is 6.42 Å². The molecule has 4 aromatic carbocycles. The van der Waals surface area contributed by atoms with Gasteiger partial charge in [0.1, 0.15) is 17.0 Å². The van der Waals surface area contributed by atoms with Crippen molar-refractivity contribution in [3.8, 4) is 11.3 Å². The Hall–Kier alpha value is -3.72. The van der Waals surface area contributed by atoms with Crippen molar-refractivity contribution in [2.24, 2.45) is 5.92 Å². The van der Waals surface area contributed by atoms with Crippen LogP contribution in [0.15, 0.2) is 65.1 Å². The van der Waals surface area contributed by atoms with E-state index in [1.165, 1.54) is 27.5 Å². The summed E-state index contributed by atoms with van der Waals surface area (Å²) >= 11 is 0. The standard InChI is InChI=1S/C33H32N2O/c1-18(2)14-22-15-20(5)30-24(16-22)11-13-27-31(34-21(6)35-32(27)30)28-9-7-8-26-25-12-10-23(19(3)4)17-29(25)36-33(26)28/h7-13,15-19H,14H2,1-6H3. The van der Waals surface area contributed by atoms with Crippen LogP contribution in [0, 0.1) is 19.8 Å². The molecule has 0 saturated carbocycles. The van der Waals surface area contributed by atoms with E-state index in [-0.39, 0.29) is 0 Å². The maximum absolute atomic E-state index is 6.52. The van der Waals surface area contributed by atoms with Crippen molar-refractivity contribution in [1.82, 2.24) is 9.97 Å². The van der Waals surface area contributed by atoms with E-state index in [0.29, 0.717) is 11.8 Å². The minimum Gasteiger partial charge on any atom is -0.455 e. The Morgan fingerprint density at radius 2 is 1.61 bits per heavy atom. The van der Waals surface area contributed by atoms with Gasteiger partial charge in [-0.15, -0.1) is 0 Å². The first-order valence-corrected chi connectivity index (χ1v) is 13.0. The van der Waals surface area contributed by atoms with Gasteiger partial charge in [-0.3, -0.25) is 0 Å². The van der Waals surface area contributed by atoms with E-state index in [2.05, 4.69) is 95.3 Å². The summed E-state index contributed by atoms with van der Waals surface area (Å²) in [7, 11) is 0. The quantitative estimate of drug-likeness (QED) is 0.240. The molecule has 2 aromatic heterocycles. The second-order valence-electron chi connectivity index (χ2n) is 10.9. The van der Waals surface area contributed by atoms with Gasteiger partial charge in [-0.25, -0.2) is 9.97 Å². The van der Waals surface area contributed by atoms with E-state index >= 15 is 0 Å². The zero-order valence-corrected chi connectivity index (χ0v) is 21.9. The average molecular weight is 473 g/mol. The van der Waals surface area contributed by atoms with Gasteiger partial charge in [0.15, 0.2) is 0 Å². The van der Waals surface area contributed by atoms with Gasteiger partial charge < -0.3 is 4.42 Å². The van der Waals surface area contributed by atoms with E-state index in [1.54, 1.807) is 0 Å². The topological polar surface area (TPSA) is 38.9 Å². The van der Waals surface area contributed by atoms with Crippen molar-refractivity contribution in [3.05, 3.63) is 83.2 Å². The first-order chi connectivity index (χ1) is 17.3. The molecule has 0 atom stereocenters. The smallest absolute Gasteiger partial charge is 0.144 e. The van der Waals surface area contributed by atoms with Crippen molar-refractivity contribution in [2.75, 3.05) is 0 Å². The highest BCUT2D eigenvalue weighted by atomic mass is 16.3. The molecule has 0 fully saturated rings. The van der Waals surface area contributed by atoms with Gasteiger partial charge >= 0.3 is 0 Å². The second kappa shape index (κ2) is 8.44. The van der Waals surface area contributed by atoms with Gasteiger partial charge in [0.05, 0.1) is 11.2 Å². The lowest BCUT2D eigenvalue weighted by Gasteiger charge is -2.14. The Labute approximate surface area is 212 Å². The molecule has 2 heterocycles. The molecule has 0 saturated heterocycles. The fourth-order valence-corrected chi connectivity index (χ4v) is 5.60. The summed E-state index contributed by atoms with van der Waals surface area (Å²) in [6.45, 7) is 13.1. The predicted octanol–water partition coefficient (Wildman–Crippen LogP) is 9.29. The summed E-state index contributed by atoms with van der Waals surface area (Å²) in [6, 6.07) is 22.0. The molecule has 0 N–H and O–H groups in total. The van der Waals surface area contributed by atoms with Crippen molar-refractivity contribution in [2.45, 2.75) is 53.9 Å². The minimum atomic E-state index is 0.452. The number of furan rings is 1. The van der Waals surface area contributed by atoms with E-state index in [0.717, 1.165) is 56.3 Å². The van der Waals surface area contributed by atoms with Crippen LogP contribution in [0.2, 0.25) is 0 Å². The minimum absolute atomic E-state index is 0.452. The van der Waals surface area contributed by atoms with Crippen molar-refractivity contribution in [1.29, 1.82) is 0 Å². The number of rotatable bonds is 4. The largest absolute Gasteiger partial charge is 0.455 e. The molecule has 0 radical (unpaired) electrons. The van der Waals surface area contributed by atoms with Crippen LogP contribution in [0.1, 0.15) is 56.1 Å². The number of nitrogens with zero attached hydrogens (tertiary/aromatic N) is 2. The molecule has 36 heavy (non-hydrogen) atoms. The zero-order valence-electron chi connectivity index (χ0n) is 21.9. The summed E-state index contributed by atoms with van der Waals surface area (Å²) in [5, 5.41) is 5.78. The molecule has 0 unspecified atom stereocenters. The molecule has 6 rings (SSSR count). The molecule has 0 amide bonds. The van der Waals surface area contributed by atoms with Crippen LogP contribution in [-0.4, -0.2) is 9.97 Å². The van der Waals surface area contributed by atoms with Crippen LogP contribution >= 0.6 is 0 Å². The molecule has 0 aliphatic carbocycles. The Kier molecular flexibility index (Phi) is 5.33. The van der Waals surface area contributed by atoms with Crippen molar-refractivity contribution < 1.29 is 4.42 Å². The first kappa shape index (κ1) is 22.7. The molecule has 0 aliphatic rings. The number of para-hydroxylation sites is 1. The van der Waals surface area contributed by atoms with E-state index < -0.39 is 0 Å². The van der Waals surface area contributed by atoms with E-state index in [4.69, 9.17) is 14.4 Å². The summed E-state index contributed by atoms with van der Waals surface area (Å²) in [4.78, 5) is 9.91. The lowest BCUT2D eigenvalue weighted by Crippen LogP contribution is -1.98. The van der Waals surface area contributed by atoms with Crippen LogP contribution in [0.4, 0.5) is 0 Å². The van der Waals surface area contributed by atoms with Crippen molar-refractivity contribution >= 4 is 43.6 Å². The lowest BCUT2D eigenvalue weighted by molar-refractivity contribution is 0.647. The maximum Gasteiger partial charge on any atom is 0.144 e. The number of hydrogen-bond donors (Lipinski definition) is 0. The molecule has 3 nitrogen and oxygen atoms in total. The summed E-state index contributed by atoms with van der Waals surface area (Å²) in [5.41, 5.74) is 8.70. The SMILES string of the molecule is Cc1nc(-c2cccc3c2oc2cc(C(C)C)ccc23)c2ccc3cc(CC(C)C)cc(C)c3c2n1. The fraction of sp³-hybridized carbons (Fsp3) is 0.273. The summed E-state index contributed by atoms with van der Waals surface area (Å²) in [5.74, 6) is 1.85. The molecule has 180 valence electrons. The average Bonchev–Trinajstić information content (AvgIpc) is 3.20. The Bertz CT molecular complexity index is 1790. The van der Waals surface area contributed by atoms with Crippen molar-refractivity contribution in [3.63, 3.8) is 0 Å². The van der Waals surface area contributed by atoms with Gasteiger partial charge in [0, 0.05) is 27.1 Å². The highest BCUT2D eigenvalue weighted by Gasteiger charge is 2.18. The number of benzene rings is 4. The van der Waals surface area contributed by atoms with Gasteiger partial charge in [0.2, 0.25) is 0 Å². The van der Waals surface area contributed by atoms with E-state index in [9.17, 15) is 0 Å². The number of hydrogen-bond acceptors (Lipinski definition) is 3. The molecule has 0 bridgehead atoms. The molecule has 3 heteroatoms. The lowest BCUT2D eigenvalue weighted by atomic mass is 9.94. The third-order valence-electron chi connectivity index (χ3n) is 7.24. The number of aryl methyl sites for hydroxylation is 2. The molecule has 0 aliphatic heterocycles. The highest BCUT2D eigenvalue weighted by molar-refractivity contribution is 6.15. The summed E-state index contributed by atoms with van der Waals surface area (Å²) in [6.07, 6.45) is 1.08. The molecule has 6 aromatic rings. The number of aromatic nitrogens is 2. The van der Waals surface area contributed by atoms with Gasteiger partial charge in [-0.05, 0) is 72.4 Å².